The van der Waals surface area contributed by atoms with Gasteiger partial charge in [-0.1, -0.05) is 12.2 Å². The van der Waals surface area contributed by atoms with Crippen LogP contribution in [0.1, 0.15) is 6.42 Å². The fourth-order valence-corrected chi connectivity index (χ4v) is 0.699. The zero-order valence-corrected chi connectivity index (χ0v) is 4.96. The summed E-state index contributed by atoms with van der Waals surface area (Å²) in [6, 6.07) is 0. The highest BCUT2D eigenvalue weighted by molar-refractivity contribution is 7.80. The first-order valence-corrected chi connectivity index (χ1v) is 2.66. The second-order valence-electron chi connectivity index (χ2n) is 1.55. The summed E-state index contributed by atoms with van der Waals surface area (Å²) >= 11 is 4.68. The van der Waals surface area contributed by atoms with Gasteiger partial charge in [0.1, 0.15) is 5.83 Å². The van der Waals surface area contributed by atoms with Crippen molar-refractivity contribution in [2.24, 2.45) is 0 Å². The molecule has 0 aromatic heterocycles. The molecule has 1 aliphatic carbocycles. The standard InChI is InChI=1S/C6H4FS/c7-5-2-1-3-6(8)4-5/h2-3H,4H2. The molecule has 0 unspecified atom stereocenters. The Morgan fingerprint density at radius 1 is 1.75 bits per heavy atom. The molecule has 0 N–H and O–H groups in total. The lowest BCUT2D eigenvalue weighted by Crippen LogP contribution is -1.92. The molecule has 0 aliphatic heterocycles. The zero-order valence-electron chi connectivity index (χ0n) is 4.15. The first-order valence-electron chi connectivity index (χ1n) is 2.25. The van der Waals surface area contributed by atoms with Crippen molar-refractivity contribution in [2.45, 2.75) is 6.42 Å². The van der Waals surface area contributed by atoms with Crippen LogP contribution >= 0.6 is 12.2 Å². The van der Waals surface area contributed by atoms with E-state index in [-0.39, 0.29) is 12.2 Å². The van der Waals surface area contributed by atoms with Crippen LogP contribution < -0.4 is 0 Å². The van der Waals surface area contributed by atoms with Crippen LogP contribution in [0, 0.1) is 6.08 Å². The van der Waals surface area contributed by atoms with Gasteiger partial charge in [-0.3, -0.25) is 0 Å². The molecule has 1 radical (unpaired) electrons. The van der Waals surface area contributed by atoms with Gasteiger partial charge in [-0.05, 0) is 18.2 Å². The molecule has 0 saturated heterocycles. The Labute approximate surface area is 52.7 Å². The van der Waals surface area contributed by atoms with Crippen LogP contribution in [0.15, 0.2) is 18.0 Å². The van der Waals surface area contributed by atoms with Crippen LogP contribution in [0.5, 0.6) is 0 Å². The second kappa shape index (κ2) is 2.18. The van der Waals surface area contributed by atoms with Gasteiger partial charge in [0.25, 0.3) is 0 Å². The second-order valence-corrected chi connectivity index (χ2v) is 2.07. The monoisotopic (exact) mass is 127 g/mol. The van der Waals surface area contributed by atoms with E-state index in [0.717, 1.165) is 0 Å². The molecule has 2 heteroatoms. The van der Waals surface area contributed by atoms with E-state index in [1.165, 1.54) is 6.08 Å². The molecule has 0 aromatic carbocycles. The number of halogens is 1. The largest absolute Gasteiger partial charge is 0.211 e. The summed E-state index contributed by atoms with van der Waals surface area (Å²) in [5.74, 6) is -0.197. The quantitative estimate of drug-likeness (QED) is 0.448. The van der Waals surface area contributed by atoms with E-state index in [4.69, 9.17) is 0 Å². The van der Waals surface area contributed by atoms with Gasteiger partial charge in [-0.25, -0.2) is 4.39 Å². The normalized spacial score (nSPS) is 18.6. The van der Waals surface area contributed by atoms with E-state index in [2.05, 4.69) is 18.3 Å². The maximum absolute atomic E-state index is 12.1. The van der Waals surface area contributed by atoms with Gasteiger partial charge >= 0.3 is 0 Å². The lowest BCUT2D eigenvalue weighted by molar-refractivity contribution is 0.624. The Kier molecular flexibility index (Phi) is 1.53. The van der Waals surface area contributed by atoms with Gasteiger partial charge in [-0.2, -0.15) is 0 Å². The Hall–Kier alpha value is -0.500. The molecule has 0 aromatic rings. The molecule has 0 spiro atoms. The highest BCUT2D eigenvalue weighted by Gasteiger charge is 2.00. The molecule has 0 atom stereocenters. The van der Waals surface area contributed by atoms with Gasteiger partial charge in [0.05, 0.1) is 0 Å². The third-order valence-electron chi connectivity index (χ3n) is 0.827. The molecule has 1 aliphatic rings. The predicted molar refractivity (Wildman–Crippen MR) is 34.2 cm³/mol. The van der Waals surface area contributed by atoms with Gasteiger partial charge < -0.3 is 0 Å². The third-order valence-corrected chi connectivity index (χ3v) is 1.09. The summed E-state index contributed by atoms with van der Waals surface area (Å²) < 4.78 is 12.1. The van der Waals surface area contributed by atoms with Gasteiger partial charge in [0.15, 0.2) is 0 Å². The highest BCUT2D eigenvalue weighted by atomic mass is 32.1. The Bertz CT molecular complexity index is 167. The average Bonchev–Trinajstić information content (AvgIpc) is 1.64. The van der Waals surface area contributed by atoms with Crippen LogP contribution in [0.25, 0.3) is 0 Å². The molecule has 0 heterocycles. The van der Waals surface area contributed by atoms with E-state index < -0.39 is 0 Å². The van der Waals surface area contributed by atoms with Crippen molar-refractivity contribution in [3.63, 3.8) is 0 Å². The summed E-state index contributed by atoms with van der Waals surface area (Å²) in [7, 11) is 0. The lowest BCUT2D eigenvalue weighted by Gasteiger charge is -1.97. The number of hydrogen-bond acceptors (Lipinski definition) is 1. The van der Waals surface area contributed by atoms with Crippen LogP contribution in [-0.4, -0.2) is 4.86 Å². The Morgan fingerprint density at radius 3 is 2.88 bits per heavy atom. The van der Waals surface area contributed by atoms with Crippen LogP contribution in [0.2, 0.25) is 0 Å². The van der Waals surface area contributed by atoms with Crippen molar-refractivity contribution in [2.75, 3.05) is 0 Å². The van der Waals surface area contributed by atoms with Crippen molar-refractivity contribution in [3.8, 4) is 0 Å². The molecular weight excluding hydrogens is 123 g/mol. The lowest BCUT2D eigenvalue weighted by atomic mass is 10.2. The summed E-state index contributed by atoms with van der Waals surface area (Å²) in [5, 5.41) is 0. The highest BCUT2D eigenvalue weighted by Crippen LogP contribution is 2.09. The van der Waals surface area contributed by atoms with E-state index in [1.54, 1.807) is 6.08 Å². The van der Waals surface area contributed by atoms with E-state index in [1.807, 2.05) is 0 Å². The van der Waals surface area contributed by atoms with Gasteiger partial charge in [0, 0.05) is 11.3 Å². The summed E-state index contributed by atoms with van der Waals surface area (Å²) in [5.41, 5.74) is 0. The van der Waals surface area contributed by atoms with Crippen LogP contribution in [-0.2, 0) is 0 Å². The SMILES string of the molecule is FC1=C[C]=CC(=S)C1. The fourth-order valence-electron chi connectivity index (χ4n) is 0.494. The predicted octanol–water partition coefficient (Wildman–Crippen LogP) is 1.97. The maximum atomic E-state index is 12.1. The van der Waals surface area contributed by atoms with Gasteiger partial charge in [0.2, 0.25) is 0 Å². The minimum Gasteiger partial charge on any atom is -0.211 e. The van der Waals surface area contributed by atoms with E-state index in [9.17, 15) is 4.39 Å². The van der Waals surface area contributed by atoms with Crippen LogP contribution in [0.4, 0.5) is 4.39 Å². The molecular formula is C6H4FS. The van der Waals surface area contributed by atoms with Crippen LogP contribution in [0.3, 0.4) is 0 Å². The molecule has 0 nitrogen and oxygen atoms in total. The van der Waals surface area contributed by atoms with E-state index >= 15 is 0 Å². The summed E-state index contributed by atoms with van der Waals surface area (Å²) in [6.07, 6.45) is 5.77. The number of rotatable bonds is 0. The minimum atomic E-state index is -0.197. The molecule has 0 bridgehead atoms. The molecule has 0 amide bonds. The first-order chi connectivity index (χ1) is 3.79. The molecule has 1 rings (SSSR count). The Balaban J connectivity index is 2.73. The van der Waals surface area contributed by atoms with Crippen molar-refractivity contribution in [1.29, 1.82) is 0 Å². The van der Waals surface area contributed by atoms with Crippen molar-refractivity contribution in [1.82, 2.24) is 0 Å². The summed E-state index contributed by atoms with van der Waals surface area (Å²) in [4.78, 5) is 0.616. The maximum Gasteiger partial charge on any atom is 0.106 e. The average molecular weight is 127 g/mol. The first kappa shape index (κ1) is 5.63. The third kappa shape index (κ3) is 1.23. The zero-order chi connectivity index (χ0) is 5.98. The number of hydrogen-bond donors (Lipinski definition) is 0. The van der Waals surface area contributed by atoms with Crippen molar-refractivity contribution in [3.05, 3.63) is 24.1 Å². The Morgan fingerprint density at radius 2 is 2.50 bits per heavy atom. The minimum absolute atomic E-state index is 0.197. The molecule has 0 saturated carbocycles. The molecule has 0 fully saturated rings. The topological polar surface area (TPSA) is 0 Å². The molecule has 8 heavy (non-hydrogen) atoms. The fraction of sp³-hybridized carbons (Fsp3) is 0.167. The summed E-state index contributed by atoms with van der Waals surface area (Å²) in [6.45, 7) is 0. The number of thiocarbonyl (C=S) groups is 1. The van der Waals surface area contributed by atoms with Crippen molar-refractivity contribution < 1.29 is 4.39 Å². The molecule has 41 valence electrons. The number of allylic oxidation sites excluding steroid dienone is 4. The van der Waals surface area contributed by atoms with Gasteiger partial charge in [-0.15, -0.1) is 0 Å². The smallest absolute Gasteiger partial charge is 0.106 e. The van der Waals surface area contributed by atoms with Crippen molar-refractivity contribution >= 4 is 17.1 Å². The van der Waals surface area contributed by atoms with E-state index in [0.29, 0.717) is 4.86 Å².